The summed E-state index contributed by atoms with van der Waals surface area (Å²) >= 11 is 6.75. The second-order valence-electron chi connectivity index (χ2n) is 13.9. The Bertz CT molecular complexity index is 1520. The highest BCUT2D eigenvalue weighted by atomic mass is 35.5. The average molecular weight is 646 g/mol. The number of fused-ring (bicyclic) bond motifs is 4. The number of anilines is 1. The van der Waals surface area contributed by atoms with Gasteiger partial charge in [0.1, 0.15) is 19.0 Å². The molecule has 5 heterocycles. The predicted octanol–water partition coefficient (Wildman–Crippen LogP) is 6.29. The fourth-order valence-corrected chi connectivity index (χ4v) is 9.11. The molecule has 1 N–H and O–H groups in total. The number of halogens is 1. The van der Waals surface area contributed by atoms with Crippen LogP contribution in [0.15, 0.2) is 64.5 Å². The maximum absolute atomic E-state index is 10.9. The Morgan fingerprint density at radius 1 is 1.11 bits per heavy atom. The first-order valence-corrected chi connectivity index (χ1v) is 17.7. The Hall–Kier alpha value is -3.07. The Kier molecular flexibility index (Phi) is 9.30. The van der Waals surface area contributed by atoms with Gasteiger partial charge in [0.05, 0.1) is 10.6 Å². The lowest BCUT2D eigenvalue weighted by atomic mass is 9.95. The van der Waals surface area contributed by atoms with Crippen LogP contribution in [0.3, 0.4) is 0 Å². The van der Waals surface area contributed by atoms with Crippen LogP contribution >= 0.6 is 11.6 Å². The van der Waals surface area contributed by atoms with Crippen molar-refractivity contribution in [1.29, 1.82) is 0 Å². The van der Waals surface area contributed by atoms with Crippen molar-refractivity contribution in [2.45, 2.75) is 88.9 Å². The zero-order valence-electron chi connectivity index (χ0n) is 27.3. The molecule has 0 saturated carbocycles. The van der Waals surface area contributed by atoms with Gasteiger partial charge in [0, 0.05) is 55.4 Å². The zero-order valence-corrected chi connectivity index (χ0v) is 28.1. The van der Waals surface area contributed by atoms with Gasteiger partial charge < -0.3 is 24.6 Å². The van der Waals surface area contributed by atoms with E-state index in [1.165, 1.54) is 35.1 Å². The molecule has 2 aromatic carbocycles. The summed E-state index contributed by atoms with van der Waals surface area (Å²) in [4.78, 5) is 23.9. The van der Waals surface area contributed by atoms with Gasteiger partial charge >= 0.3 is 0 Å². The summed E-state index contributed by atoms with van der Waals surface area (Å²) in [6.45, 7) is 10.8. The second kappa shape index (κ2) is 13.6. The van der Waals surface area contributed by atoms with Crippen LogP contribution in [0.5, 0.6) is 0 Å². The summed E-state index contributed by atoms with van der Waals surface area (Å²) in [5, 5.41) is 6.91. The van der Waals surface area contributed by atoms with Gasteiger partial charge in [0.2, 0.25) is 5.88 Å². The number of ether oxygens (including phenoxy) is 2. The first-order valence-electron chi connectivity index (χ1n) is 17.3. The van der Waals surface area contributed by atoms with Gasteiger partial charge in [-0.15, -0.1) is 0 Å². The summed E-state index contributed by atoms with van der Waals surface area (Å²) in [6.07, 6.45) is 10.7. The van der Waals surface area contributed by atoms with Gasteiger partial charge in [-0.1, -0.05) is 42.8 Å². The molecule has 2 bridgehead atoms. The third-order valence-electron chi connectivity index (χ3n) is 11.0. The molecule has 0 spiro atoms. The monoisotopic (exact) mass is 645 g/mol. The first-order chi connectivity index (χ1) is 22.5. The molecule has 4 atom stereocenters. The minimum atomic E-state index is -0.00612. The van der Waals surface area contributed by atoms with E-state index in [0.29, 0.717) is 31.8 Å². The predicted molar refractivity (Wildman–Crippen MR) is 185 cm³/mol. The number of carbonyl (C=O) groups is 1. The van der Waals surface area contributed by atoms with E-state index in [1.807, 2.05) is 12.1 Å². The van der Waals surface area contributed by atoms with E-state index in [4.69, 9.17) is 26.1 Å². The van der Waals surface area contributed by atoms with Crippen molar-refractivity contribution in [3.8, 4) is 0 Å². The lowest BCUT2D eigenvalue weighted by molar-refractivity contribution is -0.130. The number of nitrogens with one attached hydrogen (secondary N) is 1. The van der Waals surface area contributed by atoms with Crippen molar-refractivity contribution in [2.75, 3.05) is 50.8 Å². The van der Waals surface area contributed by atoms with Gasteiger partial charge in [-0.25, -0.2) is 0 Å². The number of allylic oxidation sites excluding steroid dienone is 1. The third kappa shape index (κ3) is 6.16. The molecule has 2 aromatic rings. The fraction of sp³-hybridized carbons (Fsp3) is 0.568. The van der Waals surface area contributed by atoms with Crippen LogP contribution in [0.1, 0.15) is 65.2 Å². The molecule has 46 heavy (non-hydrogen) atoms. The van der Waals surface area contributed by atoms with Crippen molar-refractivity contribution in [3.63, 3.8) is 0 Å². The normalized spacial score (nSPS) is 28.7. The Morgan fingerprint density at radius 3 is 2.67 bits per heavy atom. The molecule has 0 aliphatic carbocycles. The molecule has 9 heteroatoms. The molecule has 5 aliphatic heterocycles. The SMILES string of the molecule is CC/C=C(/N=C(\C1=C(C)CN(c2cccc3cccc(Cl)c23)CC1)N1CC2CCC(C1)N2)OCC12CCCN1[C@@H](COC=O)CC2. The van der Waals surface area contributed by atoms with Crippen LogP contribution < -0.4 is 10.2 Å². The maximum atomic E-state index is 10.9. The number of benzene rings is 2. The number of aliphatic imine (C=N–C) groups is 1. The molecule has 4 fully saturated rings. The van der Waals surface area contributed by atoms with Crippen LogP contribution in [-0.2, 0) is 14.3 Å². The number of carbonyl (C=O) groups excluding carboxylic acids is 1. The Labute approximate surface area is 278 Å². The highest BCUT2D eigenvalue weighted by molar-refractivity contribution is 6.36. The van der Waals surface area contributed by atoms with E-state index in [0.717, 1.165) is 93.4 Å². The summed E-state index contributed by atoms with van der Waals surface area (Å²) in [5.74, 6) is 1.83. The van der Waals surface area contributed by atoms with Gasteiger partial charge in [0.15, 0.2) is 0 Å². The lowest BCUT2D eigenvalue weighted by Crippen LogP contribution is -2.54. The van der Waals surface area contributed by atoms with Crippen LogP contribution in [-0.4, -0.2) is 91.7 Å². The molecule has 5 aliphatic rings. The second-order valence-corrected chi connectivity index (χ2v) is 14.3. The molecule has 8 nitrogen and oxygen atoms in total. The van der Waals surface area contributed by atoms with Gasteiger partial charge in [-0.3, -0.25) is 9.69 Å². The van der Waals surface area contributed by atoms with E-state index in [2.05, 4.69) is 64.2 Å². The highest BCUT2D eigenvalue weighted by Gasteiger charge is 2.50. The number of piperazine rings is 1. The van der Waals surface area contributed by atoms with Gasteiger partial charge in [-0.05, 0) is 99.6 Å². The van der Waals surface area contributed by atoms with Crippen molar-refractivity contribution in [2.24, 2.45) is 4.99 Å². The topological polar surface area (TPSA) is 69.6 Å². The third-order valence-corrected chi connectivity index (χ3v) is 11.3. The summed E-state index contributed by atoms with van der Waals surface area (Å²) in [5.41, 5.74) is 3.89. The Morgan fingerprint density at radius 2 is 1.91 bits per heavy atom. The smallest absolute Gasteiger partial charge is 0.293 e. The molecule has 0 amide bonds. The van der Waals surface area contributed by atoms with Crippen molar-refractivity contribution < 1.29 is 14.3 Å². The molecule has 4 saturated heterocycles. The van der Waals surface area contributed by atoms with E-state index < -0.39 is 0 Å². The highest BCUT2D eigenvalue weighted by Crippen LogP contribution is 2.43. The molecule has 3 unspecified atom stereocenters. The zero-order chi connectivity index (χ0) is 31.7. The largest absolute Gasteiger partial charge is 0.476 e. The van der Waals surface area contributed by atoms with E-state index in [-0.39, 0.29) is 11.6 Å². The first kappa shape index (κ1) is 31.5. The molecule has 0 radical (unpaired) electrons. The number of rotatable bonds is 10. The molecule has 7 rings (SSSR count). The van der Waals surface area contributed by atoms with Crippen LogP contribution in [0.4, 0.5) is 5.69 Å². The minimum absolute atomic E-state index is 0.00612. The summed E-state index contributed by atoms with van der Waals surface area (Å²) in [7, 11) is 0. The number of hydrogen-bond acceptors (Lipinski definition) is 7. The Balaban J connectivity index is 1.17. The number of nitrogens with zero attached hydrogens (tertiary/aromatic N) is 4. The lowest BCUT2D eigenvalue weighted by Gasteiger charge is -2.39. The van der Waals surface area contributed by atoms with E-state index >= 15 is 0 Å². The van der Waals surface area contributed by atoms with Crippen LogP contribution in [0.2, 0.25) is 5.02 Å². The van der Waals surface area contributed by atoms with E-state index in [9.17, 15) is 4.79 Å². The number of likely N-dealkylation sites (tertiary alicyclic amines) is 1. The fourth-order valence-electron chi connectivity index (χ4n) is 8.83. The minimum Gasteiger partial charge on any atom is -0.476 e. The van der Waals surface area contributed by atoms with Crippen molar-refractivity contribution in [1.82, 2.24) is 15.1 Å². The number of hydrogen-bond donors (Lipinski definition) is 1. The van der Waals surface area contributed by atoms with Crippen LogP contribution in [0.25, 0.3) is 10.8 Å². The quantitative estimate of drug-likeness (QED) is 0.141. The standard InChI is InChI=1S/C37H48ClN5O3/c1-3-7-34(46-24-37-16-6-18-43(37)30(14-17-37)23-45-25-44)40-36(42-21-28-12-13-29(22-42)39-28)31-15-19-41(20-26(31)2)33-11-5-9-27-8-4-10-32(38)35(27)33/h4-5,7-11,25,28-30,39H,3,6,12-24H2,1-2H3/b34-7-,40-36+/t28?,29?,30-,37?/m1/s1. The molecule has 0 aromatic heterocycles. The van der Waals surface area contributed by atoms with Crippen molar-refractivity contribution in [3.05, 3.63) is 64.5 Å². The van der Waals surface area contributed by atoms with Crippen LogP contribution in [0, 0.1) is 0 Å². The molecular weight excluding hydrogens is 598 g/mol. The van der Waals surface area contributed by atoms with Gasteiger partial charge in [0.25, 0.3) is 6.47 Å². The molecule has 246 valence electrons. The van der Waals surface area contributed by atoms with Crippen molar-refractivity contribution >= 4 is 40.4 Å². The number of amidine groups is 1. The summed E-state index contributed by atoms with van der Waals surface area (Å²) < 4.78 is 11.9. The van der Waals surface area contributed by atoms with E-state index in [1.54, 1.807) is 0 Å². The molecular formula is C37H48ClN5O3. The maximum Gasteiger partial charge on any atom is 0.293 e. The summed E-state index contributed by atoms with van der Waals surface area (Å²) in [6, 6.07) is 13.9. The van der Waals surface area contributed by atoms with Gasteiger partial charge in [-0.2, -0.15) is 4.99 Å². The average Bonchev–Trinajstić information content (AvgIpc) is 3.74.